The third-order valence-electron chi connectivity index (χ3n) is 5.34. The molecule has 0 aliphatic rings. The van der Waals surface area contributed by atoms with Gasteiger partial charge in [0.05, 0.1) is 19.7 Å². The number of rotatable bonds is 9. The molecule has 0 spiro atoms. The van der Waals surface area contributed by atoms with Crippen LogP contribution < -0.4 is 20.0 Å². The topological polar surface area (TPSA) is 102 Å². The van der Waals surface area contributed by atoms with Crippen molar-refractivity contribution in [3.8, 4) is 11.6 Å². The zero-order chi connectivity index (χ0) is 24.9. The third kappa shape index (κ3) is 5.03. The number of aromatic nitrogens is 1. The van der Waals surface area contributed by atoms with Crippen molar-refractivity contribution < 1.29 is 33.0 Å². The van der Waals surface area contributed by atoms with Gasteiger partial charge in [-0.25, -0.2) is 9.18 Å². The molecule has 0 aliphatic heterocycles. The number of fused-ring (bicyclic) bond motifs is 1. The summed E-state index contributed by atoms with van der Waals surface area (Å²) in [5, 5.41) is 0.446. The van der Waals surface area contributed by atoms with Gasteiger partial charge in [0.1, 0.15) is 30.3 Å². The summed E-state index contributed by atoms with van der Waals surface area (Å²) in [5.41, 5.74) is 7.67. The molecule has 0 unspecified atom stereocenters. The number of carbonyl (C=O) groups is 2. The Hall–Kier alpha value is -4.53. The van der Waals surface area contributed by atoms with Crippen LogP contribution in [-0.4, -0.2) is 30.8 Å². The van der Waals surface area contributed by atoms with E-state index >= 15 is 0 Å². The molecule has 3 aromatic carbocycles. The molecular formula is C26H23FN2O6. The second kappa shape index (κ2) is 10.2. The van der Waals surface area contributed by atoms with E-state index in [0.717, 1.165) is 5.56 Å². The highest BCUT2D eigenvalue weighted by atomic mass is 19.1. The molecule has 1 aromatic heterocycles. The number of methoxy groups -OCH3 is 2. The molecule has 0 saturated heterocycles. The highest BCUT2D eigenvalue weighted by molar-refractivity contribution is 6.08. The minimum atomic E-state index is -0.653. The van der Waals surface area contributed by atoms with Gasteiger partial charge in [-0.15, -0.1) is 4.73 Å². The van der Waals surface area contributed by atoms with Crippen LogP contribution in [0, 0.1) is 5.82 Å². The Labute approximate surface area is 200 Å². The van der Waals surface area contributed by atoms with Gasteiger partial charge in [-0.2, -0.15) is 0 Å². The van der Waals surface area contributed by atoms with Crippen molar-refractivity contribution in [3.05, 3.63) is 94.8 Å². The molecule has 180 valence electrons. The Morgan fingerprint density at radius 3 is 2.40 bits per heavy atom. The average molecular weight is 478 g/mol. The van der Waals surface area contributed by atoms with Crippen LogP contribution in [-0.2, 0) is 18.0 Å². The van der Waals surface area contributed by atoms with E-state index in [1.165, 1.54) is 36.1 Å². The number of halogens is 1. The molecule has 9 heteroatoms. The van der Waals surface area contributed by atoms with Crippen LogP contribution in [0.15, 0.2) is 66.7 Å². The number of nitrogens with two attached hydrogens (primary N) is 1. The largest absolute Gasteiger partial charge is 0.497 e. The monoisotopic (exact) mass is 478 g/mol. The van der Waals surface area contributed by atoms with E-state index in [9.17, 15) is 14.0 Å². The van der Waals surface area contributed by atoms with Crippen molar-refractivity contribution >= 4 is 22.8 Å². The number of esters is 1. The van der Waals surface area contributed by atoms with Crippen LogP contribution in [0.4, 0.5) is 4.39 Å². The maximum Gasteiger partial charge on any atom is 0.344 e. The second-order valence-corrected chi connectivity index (χ2v) is 7.60. The Balaban J connectivity index is 1.80. The van der Waals surface area contributed by atoms with Crippen LogP contribution in [0.3, 0.4) is 0 Å². The van der Waals surface area contributed by atoms with Gasteiger partial charge < -0.3 is 24.8 Å². The van der Waals surface area contributed by atoms with Crippen molar-refractivity contribution in [1.29, 1.82) is 0 Å². The number of nitrogens with zero attached hydrogens (tertiary/aromatic N) is 1. The highest BCUT2D eigenvalue weighted by Crippen LogP contribution is 2.34. The van der Waals surface area contributed by atoms with Crippen LogP contribution in [0.25, 0.3) is 10.9 Å². The molecule has 0 saturated carbocycles. The molecule has 1 amide bonds. The van der Waals surface area contributed by atoms with Gasteiger partial charge in [-0.05, 0) is 47.5 Å². The fourth-order valence-electron chi connectivity index (χ4n) is 3.58. The van der Waals surface area contributed by atoms with E-state index in [1.54, 1.807) is 37.4 Å². The summed E-state index contributed by atoms with van der Waals surface area (Å²) in [6.45, 7) is 0.112. The van der Waals surface area contributed by atoms with E-state index in [4.69, 9.17) is 24.8 Å². The number of hydrogen-bond acceptors (Lipinski definition) is 6. The smallest absolute Gasteiger partial charge is 0.344 e. The standard InChI is InChI=1S/C26H23FN2O6/c1-32-20-5-3-4-17(12-20)15-35-29-22-13-18(24(28)30)8-11-21(22)23(26(31)33-2)25(29)34-14-16-6-9-19(27)10-7-16/h3-13H,14-15H2,1-2H3,(H2,28,30). The van der Waals surface area contributed by atoms with Crippen molar-refractivity contribution in [1.82, 2.24) is 4.73 Å². The van der Waals surface area contributed by atoms with Gasteiger partial charge in [0.25, 0.3) is 0 Å². The summed E-state index contributed by atoms with van der Waals surface area (Å²) in [6.07, 6.45) is 0. The lowest BCUT2D eigenvalue weighted by atomic mass is 10.1. The zero-order valence-electron chi connectivity index (χ0n) is 19.1. The molecule has 0 atom stereocenters. The van der Waals surface area contributed by atoms with Crippen LogP contribution in [0.1, 0.15) is 31.8 Å². The fourth-order valence-corrected chi connectivity index (χ4v) is 3.58. The Morgan fingerprint density at radius 2 is 1.71 bits per heavy atom. The lowest BCUT2D eigenvalue weighted by Crippen LogP contribution is -2.15. The third-order valence-corrected chi connectivity index (χ3v) is 5.34. The zero-order valence-corrected chi connectivity index (χ0v) is 19.1. The molecule has 35 heavy (non-hydrogen) atoms. The normalized spacial score (nSPS) is 10.7. The van der Waals surface area contributed by atoms with E-state index in [1.807, 2.05) is 12.1 Å². The number of ether oxygens (including phenoxy) is 3. The van der Waals surface area contributed by atoms with Crippen LogP contribution in [0.2, 0.25) is 0 Å². The first-order chi connectivity index (χ1) is 16.9. The summed E-state index contributed by atoms with van der Waals surface area (Å²) in [7, 11) is 2.82. The Bertz CT molecular complexity index is 1380. The molecule has 4 rings (SSSR count). The predicted octanol–water partition coefficient (Wildman–Crippen LogP) is 3.88. The van der Waals surface area contributed by atoms with Crippen molar-refractivity contribution in [2.75, 3.05) is 14.2 Å². The van der Waals surface area contributed by atoms with E-state index < -0.39 is 11.9 Å². The second-order valence-electron chi connectivity index (χ2n) is 7.60. The molecule has 0 aliphatic carbocycles. The molecular weight excluding hydrogens is 455 g/mol. The van der Waals surface area contributed by atoms with Gasteiger partial charge in [-0.1, -0.05) is 30.3 Å². The predicted molar refractivity (Wildman–Crippen MR) is 126 cm³/mol. The van der Waals surface area contributed by atoms with E-state index in [0.29, 0.717) is 22.2 Å². The molecule has 0 radical (unpaired) electrons. The minimum Gasteiger partial charge on any atom is -0.497 e. The number of primary amides is 1. The van der Waals surface area contributed by atoms with Gasteiger partial charge in [-0.3, -0.25) is 4.79 Å². The van der Waals surface area contributed by atoms with Gasteiger partial charge in [0, 0.05) is 10.9 Å². The summed E-state index contributed by atoms with van der Waals surface area (Å²) < 4.78 is 30.9. The van der Waals surface area contributed by atoms with Crippen molar-refractivity contribution in [2.24, 2.45) is 5.73 Å². The van der Waals surface area contributed by atoms with Gasteiger partial charge in [0.15, 0.2) is 0 Å². The SMILES string of the molecule is COC(=O)c1c(OCc2ccc(F)cc2)n(OCc2cccc(OC)c2)c2cc(C(N)=O)ccc12. The van der Waals surface area contributed by atoms with Crippen LogP contribution in [0.5, 0.6) is 11.6 Å². The number of benzene rings is 3. The van der Waals surface area contributed by atoms with E-state index in [-0.39, 0.29) is 36.0 Å². The van der Waals surface area contributed by atoms with Crippen molar-refractivity contribution in [3.63, 3.8) is 0 Å². The molecule has 0 fully saturated rings. The molecule has 1 heterocycles. The number of amides is 1. The highest BCUT2D eigenvalue weighted by Gasteiger charge is 2.27. The van der Waals surface area contributed by atoms with Crippen molar-refractivity contribution in [2.45, 2.75) is 13.2 Å². The number of hydrogen-bond donors (Lipinski definition) is 1. The van der Waals surface area contributed by atoms with Gasteiger partial charge in [0.2, 0.25) is 11.8 Å². The maximum absolute atomic E-state index is 13.3. The van der Waals surface area contributed by atoms with Crippen LogP contribution >= 0.6 is 0 Å². The summed E-state index contributed by atoms with van der Waals surface area (Å²) in [6, 6.07) is 17.7. The molecule has 2 N–H and O–H groups in total. The Morgan fingerprint density at radius 1 is 0.943 bits per heavy atom. The van der Waals surface area contributed by atoms with E-state index in [2.05, 4.69) is 0 Å². The Kier molecular flexibility index (Phi) is 6.86. The lowest BCUT2D eigenvalue weighted by molar-refractivity contribution is 0.0570. The first kappa shape index (κ1) is 23.6. The van der Waals surface area contributed by atoms with Gasteiger partial charge >= 0.3 is 5.97 Å². The fraction of sp³-hybridized carbons (Fsp3) is 0.154. The summed E-state index contributed by atoms with van der Waals surface area (Å²) in [4.78, 5) is 30.7. The average Bonchev–Trinajstić information content (AvgIpc) is 3.19. The molecule has 0 bridgehead atoms. The quantitative estimate of drug-likeness (QED) is 0.366. The minimum absolute atomic E-state index is 0.0196. The summed E-state index contributed by atoms with van der Waals surface area (Å²) in [5.74, 6) is -0.942. The lowest BCUT2D eigenvalue weighted by Gasteiger charge is -2.14. The summed E-state index contributed by atoms with van der Waals surface area (Å²) >= 11 is 0. The molecule has 4 aromatic rings. The maximum atomic E-state index is 13.3. The first-order valence-electron chi connectivity index (χ1n) is 10.6. The molecule has 8 nitrogen and oxygen atoms in total. The first-order valence-corrected chi connectivity index (χ1v) is 10.6. The number of carbonyl (C=O) groups excluding carboxylic acids is 2.